The van der Waals surface area contributed by atoms with Crippen LogP contribution in [0, 0.1) is 6.92 Å². The molecule has 1 heterocycles. The summed E-state index contributed by atoms with van der Waals surface area (Å²) in [5.41, 5.74) is 0.367. The van der Waals surface area contributed by atoms with Gasteiger partial charge in [-0.05, 0) is 24.6 Å². The fourth-order valence-electron chi connectivity index (χ4n) is 2.07. The van der Waals surface area contributed by atoms with E-state index in [1.165, 1.54) is 0 Å². The summed E-state index contributed by atoms with van der Waals surface area (Å²) in [6, 6.07) is 2.85. The van der Waals surface area contributed by atoms with Crippen LogP contribution in [0.2, 0.25) is 10.0 Å². The smallest absolute Gasteiger partial charge is 0.319 e. The second-order valence-electron chi connectivity index (χ2n) is 5.21. The zero-order valence-corrected chi connectivity index (χ0v) is 13.2. The Morgan fingerprint density at radius 2 is 1.90 bits per heavy atom. The number of ether oxygens (including phenoxy) is 1. The molecule has 1 aliphatic heterocycles. The highest BCUT2D eigenvalue weighted by molar-refractivity contribution is 6.36. The van der Waals surface area contributed by atoms with Gasteiger partial charge in [0.15, 0.2) is 0 Å². The van der Waals surface area contributed by atoms with Crippen LogP contribution in [0.3, 0.4) is 0 Å². The third-order valence-corrected chi connectivity index (χ3v) is 4.33. The summed E-state index contributed by atoms with van der Waals surface area (Å²) in [7, 11) is 0. The Bertz CT molecular complexity index is 508. The van der Waals surface area contributed by atoms with Crippen molar-refractivity contribution in [2.45, 2.75) is 25.4 Å². The highest BCUT2D eigenvalue weighted by Crippen LogP contribution is 2.28. The summed E-state index contributed by atoms with van der Waals surface area (Å²) in [4.78, 5) is 11.9. The predicted molar refractivity (Wildman–Crippen MR) is 83.2 cm³/mol. The average molecular weight is 333 g/mol. The SMILES string of the molecule is Cc1c(Cl)cc(NC(=O)NCC2(O)CCOCC2)cc1Cl. The molecular weight excluding hydrogens is 315 g/mol. The summed E-state index contributed by atoms with van der Waals surface area (Å²) < 4.78 is 5.19. The number of urea groups is 1. The molecule has 0 radical (unpaired) electrons. The molecule has 0 unspecified atom stereocenters. The van der Waals surface area contributed by atoms with Crippen molar-refractivity contribution in [2.75, 3.05) is 25.1 Å². The summed E-state index contributed by atoms with van der Waals surface area (Å²) in [6.45, 7) is 2.98. The lowest BCUT2D eigenvalue weighted by Crippen LogP contribution is -2.47. The summed E-state index contributed by atoms with van der Waals surface area (Å²) in [5.74, 6) is 0. The lowest BCUT2D eigenvalue weighted by molar-refractivity contribution is -0.0598. The first-order valence-electron chi connectivity index (χ1n) is 6.70. The van der Waals surface area contributed by atoms with Crippen molar-refractivity contribution in [3.05, 3.63) is 27.7 Å². The third-order valence-electron chi connectivity index (χ3n) is 3.54. The van der Waals surface area contributed by atoms with E-state index in [9.17, 15) is 9.90 Å². The lowest BCUT2D eigenvalue weighted by Gasteiger charge is -2.32. The largest absolute Gasteiger partial charge is 0.388 e. The van der Waals surface area contributed by atoms with E-state index < -0.39 is 11.6 Å². The van der Waals surface area contributed by atoms with Crippen LogP contribution in [0.25, 0.3) is 0 Å². The van der Waals surface area contributed by atoms with E-state index in [1.54, 1.807) is 19.1 Å². The number of aliphatic hydroxyl groups is 1. The van der Waals surface area contributed by atoms with Gasteiger partial charge in [-0.2, -0.15) is 0 Å². The van der Waals surface area contributed by atoms with E-state index in [-0.39, 0.29) is 6.54 Å². The van der Waals surface area contributed by atoms with Crippen molar-refractivity contribution in [1.82, 2.24) is 5.32 Å². The van der Waals surface area contributed by atoms with Gasteiger partial charge in [0.05, 0.1) is 5.60 Å². The van der Waals surface area contributed by atoms with E-state index in [0.29, 0.717) is 41.8 Å². The molecule has 5 nitrogen and oxygen atoms in total. The van der Waals surface area contributed by atoms with Crippen LogP contribution in [0.5, 0.6) is 0 Å². The first kappa shape index (κ1) is 16.4. The highest BCUT2D eigenvalue weighted by Gasteiger charge is 2.30. The topological polar surface area (TPSA) is 70.6 Å². The van der Waals surface area contributed by atoms with Crippen LogP contribution in [0.1, 0.15) is 18.4 Å². The van der Waals surface area contributed by atoms with Crippen LogP contribution >= 0.6 is 23.2 Å². The van der Waals surface area contributed by atoms with Gasteiger partial charge < -0.3 is 20.5 Å². The number of halogens is 2. The minimum Gasteiger partial charge on any atom is -0.388 e. The number of anilines is 1. The van der Waals surface area contributed by atoms with Crippen LogP contribution < -0.4 is 10.6 Å². The summed E-state index contributed by atoms with van der Waals surface area (Å²) in [5, 5.41) is 16.5. The first-order valence-corrected chi connectivity index (χ1v) is 7.46. The highest BCUT2D eigenvalue weighted by atomic mass is 35.5. The molecule has 0 saturated carbocycles. The van der Waals surface area contributed by atoms with Crippen LogP contribution in [-0.2, 0) is 4.74 Å². The molecule has 0 bridgehead atoms. The van der Waals surface area contributed by atoms with Crippen molar-refractivity contribution in [1.29, 1.82) is 0 Å². The molecule has 0 spiro atoms. The normalized spacial score (nSPS) is 17.3. The fourth-order valence-corrected chi connectivity index (χ4v) is 2.55. The van der Waals surface area contributed by atoms with Gasteiger partial charge in [-0.25, -0.2) is 4.79 Å². The van der Waals surface area contributed by atoms with Crippen molar-refractivity contribution >= 4 is 34.9 Å². The van der Waals surface area contributed by atoms with Gasteiger partial charge >= 0.3 is 6.03 Å². The molecule has 1 fully saturated rings. The van der Waals surface area contributed by atoms with Crippen molar-refractivity contribution in [3.63, 3.8) is 0 Å². The van der Waals surface area contributed by atoms with Crippen LogP contribution in [-0.4, -0.2) is 36.5 Å². The maximum Gasteiger partial charge on any atom is 0.319 e. The number of benzene rings is 1. The molecular formula is C14H18Cl2N2O3. The Kier molecular flexibility index (Phi) is 5.32. The lowest BCUT2D eigenvalue weighted by atomic mass is 9.94. The number of carbonyl (C=O) groups is 1. The van der Waals surface area contributed by atoms with Gasteiger partial charge in [0.1, 0.15) is 0 Å². The van der Waals surface area contributed by atoms with Gasteiger partial charge in [0.2, 0.25) is 0 Å². The minimum absolute atomic E-state index is 0.176. The van der Waals surface area contributed by atoms with Crippen molar-refractivity contribution in [3.8, 4) is 0 Å². The Labute approximate surface area is 133 Å². The van der Waals surface area contributed by atoms with Crippen LogP contribution in [0.15, 0.2) is 12.1 Å². The fraction of sp³-hybridized carbons (Fsp3) is 0.500. The molecule has 1 aromatic carbocycles. The Hall–Kier alpha value is -1.01. The molecule has 1 saturated heterocycles. The number of rotatable bonds is 3. The number of amides is 2. The summed E-state index contributed by atoms with van der Waals surface area (Å²) >= 11 is 12.0. The molecule has 7 heteroatoms. The quantitative estimate of drug-likeness (QED) is 0.796. The van der Waals surface area contributed by atoms with E-state index in [1.807, 2.05) is 0 Å². The zero-order chi connectivity index (χ0) is 15.5. The van der Waals surface area contributed by atoms with Gasteiger partial charge in [0.25, 0.3) is 0 Å². The van der Waals surface area contributed by atoms with Gasteiger partial charge in [-0.1, -0.05) is 23.2 Å². The molecule has 1 aliphatic rings. The predicted octanol–water partition coefficient (Wildman–Crippen LogP) is 2.96. The molecule has 0 aliphatic carbocycles. The van der Waals surface area contributed by atoms with E-state index >= 15 is 0 Å². The standard InChI is InChI=1S/C14H18Cl2N2O3/c1-9-11(15)6-10(7-12(9)16)18-13(19)17-8-14(20)2-4-21-5-3-14/h6-7,20H,2-5,8H2,1H3,(H2,17,18,19). The van der Waals surface area contributed by atoms with Crippen molar-refractivity contribution in [2.24, 2.45) is 0 Å². The van der Waals surface area contributed by atoms with Gasteiger partial charge in [0, 0.05) is 48.3 Å². The van der Waals surface area contributed by atoms with Gasteiger partial charge in [-0.15, -0.1) is 0 Å². The molecule has 1 aromatic rings. The van der Waals surface area contributed by atoms with Crippen molar-refractivity contribution < 1.29 is 14.6 Å². The molecule has 0 aromatic heterocycles. The Morgan fingerprint density at radius 3 is 2.48 bits per heavy atom. The molecule has 116 valence electrons. The maximum absolute atomic E-state index is 11.9. The molecule has 21 heavy (non-hydrogen) atoms. The number of hydrogen-bond acceptors (Lipinski definition) is 3. The number of hydrogen-bond donors (Lipinski definition) is 3. The minimum atomic E-state index is -0.905. The Morgan fingerprint density at radius 1 is 1.33 bits per heavy atom. The number of nitrogens with one attached hydrogen (secondary N) is 2. The van der Waals surface area contributed by atoms with E-state index in [2.05, 4.69) is 10.6 Å². The monoisotopic (exact) mass is 332 g/mol. The molecule has 3 N–H and O–H groups in total. The Balaban J connectivity index is 1.90. The molecule has 0 atom stereocenters. The average Bonchev–Trinajstić information content (AvgIpc) is 2.43. The first-order chi connectivity index (χ1) is 9.89. The molecule has 2 rings (SSSR count). The van der Waals surface area contributed by atoms with E-state index in [0.717, 1.165) is 5.56 Å². The summed E-state index contributed by atoms with van der Waals surface area (Å²) in [6.07, 6.45) is 1.02. The van der Waals surface area contributed by atoms with Crippen LogP contribution in [0.4, 0.5) is 10.5 Å². The second-order valence-corrected chi connectivity index (χ2v) is 6.02. The third kappa shape index (κ3) is 4.48. The number of carbonyl (C=O) groups excluding carboxylic acids is 1. The van der Waals surface area contributed by atoms with Gasteiger partial charge in [-0.3, -0.25) is 0 Å². The molecule has 2 amide bonds. The zero-order valence-electron chi connectivity index (χ0n) is 11.7. The second kappa shape index (κ2) is 6.83. The van der Waals surface area contributed by atoms with E-state index in [4.69, 9.17) is 27.9 Å². The maximum atomic E-state index is 11.9.